The highest BCUT2D eigenvalue weighted by atomic mass is 19.1. The molecule has 3 rings (SSSR count). The molecule has 1 unspecified atom stereocenters. The highest BCUT2D eigenvalue weighted by Crippen LogP contribution is 2.42. The van der Waals surface area contributed by atoms with Gasteiger partial charge in [0.25, 0.3) is 0 Å². The Morgan fingerprint density at radius 3 is 2.57 bits per heavy atom. The highest BCUT2D eigenvalue weighted by Gasteiger charge is 2.42. The zero-order chi connectivity index (χ0) is 15.0. The van der Waals surface area contributed by atoms with Crippen molar-refractivity contribution in [3.05, 3.63) is 35.8 Å². The topological polar surface area (TPSA) is 42.4 Å². The molecule has 0 radical (unpaired) electrons. The van der Waals surface area contributed by atoms with Gasteiger partial charge in [0.05, 0.1) is 6.04 Å². The summed E-state index contributed by atoms with van der Waals surface area (Å²) in [6, 6.07) is 6.64. The van der Waals surface area contributed by atoms with Gasteiger partial charge in [0.15, 0.2) is 11.4 Å². The van der Waals surface area contributed by atoms with E-state index >= 15 is 0 Å². The largest absolute Gasteiger partial charge is 0.456 e. The number of hydrogen-bond acceptors (Lipinski definition) is 3. The lowest BCUT2D eigenvalue weighted by molar-refractivity contribution is 0.0641. The summed E-state index contributed by atoms with van der Waals surface area (Å²) in [5.41, 5.74) is 6.78. The molecule has 0 amide bonds. The van der Waals surface area contributed by atoms with Crippen molar-refractivity contribution in [1.82, 2.24) is 4.90 Å². The predicted molar refractivity (Wildman–Crippen MR) is 82.6 cm³/mol. The molecule has 1 heterocycles. The average molecular weight is 290 g/mol. The predicted octanol–water partition coefficient (Wildman–Crippen LogP) is 3.84. The van der Waals surface area contributed by atoms with E-state index in [1.165, 1.54) is 25.3 Å². The fraction of sp³-hybridized carbons (Fsp3) is 0.529. The molecule has 2 aromatic rings. The molecule has 1 aromatic carbocycles. The molecule has 4 heteroatoms. The van der Waals surface area contributed by atoms with Crippen LogP contribution < -0.4 is 5.73 Å². The minimum Gasteiger partial charge on any atom is -0.456 e. The maximum atomic E-state index is 13.8. The van der Waals surface area contributed by atoms with E-state index in [2.05, 4.69) is 19.0 Å². The zero-order valence-corrected chi connectivity index (χ0v) is 12.7. The monoisotopic (exact) mass is 290 g/mol. The summed E-state index contributed by atoms with van der Waals surface area (Å²) in [6.45, 7) is 0. The smallest absolute Gasteiger partial charge is 0.169 e. The summed E-state index contributed by atoms with van der Waals surface area (Å²) >= 11 is 0. The van der Waals surface area contributed by atoms with Crippen LogP contribution in [0.2, 0.25) is 0 Å². The number of hydrogen-bond donors (Lipinski definition) is 1. The maximum absolute atomic E-state index is 13.8. The number of halogens is 1. The van der Waals surface area contributed by atoms with Crippen LogP contribution in [-0.4, -0.2) is 24.5 Å². The Balaban J connectivity index is 2.01. The molecule has 1 saturated carbocycles. The van der Waals surface area contributed by atoms with Crippen LogP contribution in [-0.2, 0) is 0 Å². The van der Waals surface area contributed by atoms with E-state index in [9.17, 15) is 4.39 Å². The Hall–Kier alpha value is -1.39. The molecule has 3 nitrogen and oxygen atoms in total. The van der Waals surface area contributed by atoms with Gasteiger partial charge in [-0.05, 0) is 39.1 Å². The van der Waals surface area contributed by atoms with E-state index < -0.39 is 0 Å². The quantitative estimate of drug-likeness (QED) is 0.934. The van der Waals surface area contributed by atoms with E-state index in [4.69, 9.17) is 10.2 Å². The average Bonchev–Trinajstić information content (AvgIpc) is 2.92. The lowest BCUT2D eigenvalue weighted by atomic mass is 9.75. The molecule has 21 heavy (non-hydrogen) atoms. The first-order valence-electron chi connectivity index (χ1n) is 7.65. The van der Waals surface area contributed by atoms with E-state index in [1.807, 2.05) is 12.1 Å². The molecule has 114 valence electrons. The molecular formula is C17H23FN2O. The summed E-state index contributed by atoms with van der Waals surface area (Å²) in [5, 5.41) is 0.783. The summed E-state index contributed by atoms with van der Waals surface area (Å²) < 4.78 is 19.6. The molecular weight excluding hydrogens is 267 g/mol. The van der Waals surface area contributed by atoms with E-state index in [1.54, 1.807) is 6.07 Å². The fourth-order valence-corrected chi connectivity index (χ4v) is 3.67. The third-order valence-electron chi connectivity index (χ3n) is 5.01. The second kappa shape index (κ2) is 5.43. The Labute approximate surface area is 124 Å². The van der Waals surface area contributed by atoms with Crippen molar-refractivity contribution < 1.29 is 8.81 Å². The molecule has 0 saturated heterocycles. The number of para-hydroxylation sites is 1. The van der Waals surface area contributed by atoms with Gasteiger partial charge < -0.3 is 15.1 Å². The number of likely N-dealkylation sites (N-methyl/N-ethyl adjacent to an activating group) is 1. The van der Waals surface area contributed by atoms with Crippen LogP contribution in [0.5, 0.6) is 0 Å². The first kappa shape index (κ1) is 14.5. The summed E-state index contributed by atoms with van der Waals surface area (Å²) in [4.78, 5) is 2.22. The Morgan fingerprint density at radius 1 is 1.24 bits per heavy atom. The zero-order valence-electron chi connectivity index (χ0n) is 12.7. The lowest BCUT2D eigenvalue weighted by Crippen LogP contribution is -2.53. The van der Waals surface area contributed by atoms with E-state index in [-0.39, 0.29) is 17.4 Å². The minimum absolute atomic E-state index is 0.0946. The van der Waals surface area contributed by atoms with E-state index in [0.717, 1.165) is 18.2 Å². The molecule has 1 fully saturated rings. The van der Waals surface area contributed by atoms with Crippen molar-refractivity contribution in [3.8, 4) is 0 Å². The van der Waals surface area contributed by atoms with Gasteiger partial charge in [-0.25, -0.2) is 4.39 Å². The Kier molecular flexibility index (Phi) is 3.76. The number of rotatable bonds is 3. The van der Waals surface area contributed by atoms with Crippen molar-refractivity contribution in [2.45, 2.75) is 43.7 Å². The molecule has 2 N–H and O–H groups in total. The van der Waals surface area contributed by atoms with Gasteiger partial charge in [0.1, 0.15) is 5.76 Å². The first-order valence-corrected chi connectivity index (χ1v) is 7.65. The lowest BCUT2D eigenvalue weighted by Gasteiger charge is -2.46. The molecule has 1 aromatic heterocycles. The summed E-state index contributed by atoms with van der Waals surface area (Å²) in [6.07, 6.45) is 5.74. The molecule has 1 atom stereocenters. The molecule has 1 aliphatic carbocycles. The highest BCUT2D eigenvalue weighted by molar-refractivity contribution is 5.78. The number of nitrogens with zero attached hydrogens (tertiary/aromatic N) is 1. The third-order valence-corrected chi connectivity index (χ3v) is 5.01. The van der Waals surface area contributed by atoms with Crippen LogP contribution >= 0.6 is 0 Å². The number of furan rings is 1. The van der Waals surface area contributed by atoms with Crippen LogP contribution in [0, 0.1) is 5.82 Å². The van der Waals surface area contributed by atoms with Crippen LogP contribution in [0.15, 0.2) is 28.7 Å². The van der Waals surface area contributed by atoms with Gasteiger partial charge >= 0.3 is 0 Å². The van der Waals surface area contributed by atoms with Crippen LogP contribution in [0.4, 0.5) is 4.39 Å². The summed E-state index contributed by atoms with van der Waals surface area (Å²) in [7, 11) is 4.16. The van der Waals surface area contributed by atoms with Crippen LogP contribution in [0.1, 0.15) is 43.9 Å². The normalized spacial score (nSPS) is 20.0. The van der Waals surface area contributed by atoms with Gasteiger partial charge in [-0.15, -0.1) is 0 Å². The molecule has 0 spiro atoms. The maximum Gasteiger partial charge on any atom is 0.169 e. The fourth-order valence-electron chi connectivity index (χ4n) is 3.67. The number of fused-ring (bicyclic) bond motifs is 1. The molecule has 0 bridgehead atoms. The van der Waals surface area contributed by atoms with Crippen molar-refractivity contribution in [3.63, 3.8) is 0 Å². The van der Waals surface area contributed by atoms with Gasteiger partial charge in [-0.3, -0.25) is 0 Å². The minimum atomic E-state index is -0.325. The Bertz CT molecular complexity index is 629. The van der Waals surface area contributed by atoms with Crippen molar-refractivity contribution in [2.24, 2.45) is 5.73 Å². The second-order valence-electron chi connectivity index (χ2n) is 6.34. The SMILES string of the molecule is CN(C)C1(C(N)c2cc3cccc(F)c3o2)CCCCC1. The van der Waals surface area contributed by atoms with Crippen molar-refractivity contribution in [1.29, 1.82) is 0 Å². The van der Waals surface area contributed by atoms with Gasteiger partial charge in [-0.2, -0.15) is 0 Å². The molecule has 0 aliphatic heterocycles. The van der Waals surface area contributed by atoms with Crippen molar-refractivity contribution in [2.75, 3.05) is 14.1 Å². The second-order valence-corrected chi connectivity index (χ2v) is 6.34. The van der Waals surface area contributed by atoms with Gasteiger partial charge in [0.2, 0.25) is 0 Å². The molecule has 1 aliphatic rings. The Morgan fingerprint density at radius 2 is 1.95 bits per heavy atom. The third kappa shape index (κ3) is 2.36. The van der Waals surface area contributed by atoms with Crippen molar-refractivity contribution >= 4 is 11.0 Å². The first-order chi connectivity index (χ1) is 10.0. The van der Waals surface area contributed by atoms with E-state index in [0.29, 0.717) is 11.3 Å². The van der Waals surface area contributed by atoms with Crippen LogP contribution in [0.3, 0.4) is 0 Å². The summed E-state index contributed by atoms with van der Waals surface area (Å²) in [5.74, 6) is 0.360. The number of nitrogens with two attached hydrogens (primary N) is 1. The standard InChI is InChI=1S/C17H23FN2O/c1-20(2)17(9-4-3-5-10-17)16(19)14-11-12-7-6-8-13(18)15(12)21-14/h6-8,11,16H,3-5,9-10,19H2,1-2H3. The van der Waals surface area contributed by atoms with Gasteiger partial charge in [0, 0.05) is 10.9 Å². The van der Waals surface area contributed by atoms with Gasteiger partial charge in [-0.1, -0.05) is 31.4 Å². The van der Waals surface area contributed by atoms with Crippen LogP contribution in [0.25, 0.3) is 11.0 Å². The number of benzene rings is 1.